The van der Waals surface area contributed by atoms with Gasteiger partial charge in [0.2, 0.25) is 0 Å². The second-order valence-corrected chi connectivity index (χ2v) is 8.53. The van der Waals surface area contributed by atoms with E-state index in [-0.39, 0.29) is 0 Å². The van der Waals surface area contributed by atoms with Gasteiger partial charge in [-0.3, -0.25) is 0 Å². The molecule has 0 spiro atoms. The van der Waals surface area contributed by atoms with Crippen LogP contribution in [0.15, 0.2) is 0 Å². The largest absolute Gasteiger partial charge is 0.394 e. The SMILES string of the molecule is CO[C@H]1O[C@H](CO)[C@@H](O)[C@H](O[C@H]2O[C@H](C)[C@H](O)[C@H](O)[C@@H]2O)[C@@H]1O[C@@H]1O[C@H](CO)[C@@H](O)[C@@H](O)[C@H]1O. The van der Waals surface area contributed by atoms with E-state index < -0.39 is 105 Å². The van der Waals surface area contributed by atoms with Crippen molar-refractivity contribution >= 4 is 0 Å². The molecule has 200 valence electrons. The minimum Gasteiger partial charge on any atom is -0.394 e. The van der Waals surface area contributed by atoms with Crippen LogP contribution in [0.5, 0.6) is 0 Å². The summed E-state index contributed by atoms with van der Waals surface area (Å²) in [6.07, 6.45) is -22.6. The lowest BCUT2D eigenvalue weighted by molar-refractivity contribution is -0.388. The summed E-state index contributed by atoms with van der Waals surface area (Å²) in [4.78, 5) is 0. The third-order valence-electron chi connectivity index (χ3n) is 6.27. The lowest BCUT2D eigenvalue weighted by atomic mass is 9.96. The van der Waals surface area contributed by atoms with Crippen LogP contribution in [0.1, 0.15) is 6.92 Å². The molecule has 0 amide bonds. The van der Waals surface area contributed by atoms with Gasteiger partial charge in [-0.1, -0.05) is 0 Å². The lowest BCUT2D eigenvalue weighted by Gasteiger charge is -2.48. The van der Waals surface area contributed by atoms with E-state index in [9.17, 15) is 46.0 Å². The first-order valence-electron chi connectivity index (χ1n) is 10.8. The number of methoxy groups -OCH3 is 1. The molecule has 0 bridgehead atoms. The van der Waals surface area contributed by atoms with Gasteiger partial charge in [0.1, 0.15) is 67.1 Å². The summed E-state index contributed by atoms with van der Waals surface area (Å²) in [5.41, 5.74) is 0. The summed E-state index contributed by atoms with van der Waals surface area (Å²) in [5.74, 6) is 0. The van der Waals surface area contributed by atoms with E-state index in [2.05, 4.69) is 0 Å². The zero-order valence-corrected chi connectivity index (χ0v) is 18.5. The van der Waals surface area contributed by atoms with Gasteiger partial charge in [0.15, 0.2) is 18.9 Å². The van der Waals surface area contributed by atoms with Crippen molar-refractivity contribution in [1.29, 1.82) is 0 Å². The van der Waals surface area contributed by atoms with E-state index in [1.54, 1.807) is 0 Å². The van der Waals surface area contributed by atoms with Crippen LogP contribution in [0.25, 0.3) is 0 Å². The highest BCUT2D eigenvalue weighted by molar-refractivity contribution is 4.96. The Morgan fingerprint density at radius 1 is 0.559 bits per heavy atom. The Kier molecular flexibility index (Phi) is 9.57. The Morgan fingerprint density at radius 3 is 1.59 bits per heavy atom. The smallest absolute Gasteiger partial charge is 0.187 e. The van der Waals surface area contributed by atoms with Crippen LogP contribution in [-0.2, 0) is 28.4 Å². The third-order valence-corrected chi connectivity index (χ3v) is 6.27. The van der Waals surface area contributed by atoms with E-state index in [1.165, 1.54) is 14.0 Å². The van der Waals surface area contributed by atoms with Crippen LogP contribution in [0.2, 0.25) is 0 Å². The fraction of sp³-hybridized carbons (Fsp3) is 1.00. The van der Waals surface area contributed by atoms with Gasteiger partial charge < -0.3 is 74.4 Å². The average molecular weight is 502 g/mol. The van der Waals surface area contributed by atoms with Gasteiger partial charge in [-0.25, -0.2) is 0 Å². The molecule has 0 aromatic rings. The molecule has 0 aromatic carbocycles. The number of ether oxygens (including phenoxy) is 6. The number of aliphatic hydroxyl groups is 9. The van der Waals surface area contributed by atoms with Gasteiger partial charge >= 0.3 is 0 Å². The van der Waals surface area contributed by atoms with Gasteiger partial charge in [-0.15, -0.1) is 0 Å². The zero-order chi connectivity index (χ0) is 25.3. The van der Waals surface area contributed by atoms with Crippen molar-refractivity contribution in [2.45, 2.75) is 99.0 Å². The van der Waals surface area contributed by atoms with Crippen molar-refractivity contribution in [3.05, 3.63) is 0 Å². The Hall–Kier alpha value is -0.600. The summed E-state index contributed by atoms with van der Waals surface area (Å²) in [7, 11) is 1.21. The molecule has 0 aromatic heterocycles. The highest BCUT2D eigenvalue weighted by atomic mass is 16.8. The molecule has 15 heteroatoms. The monoisotopic (exact) mass is 502 g/mol. The molecule has 15 nitrogen and oxygen atoms in total. The maximum Gasteiger partial charge on any atom is 0.187 e. The molecule has 3 aliphatic heterocycles. The number of aliphatic hydroxyl groups excluding tert-OH is 9. The van der Waals surface area contributed by atoms with Crippen LogP contribution in [0, 0.1) is 0 Å². The van der Waals surface area contributed by atoms with Crippen molar-refractivity contribution < 1.29 is 74.4 Å². The summed E-state index contributed by atoms with van der Waals surface area (Å²) in [6, 6.07) is 0. The molecular formula is C19H34O15. The summed E-state index contributed by atoms with van der Waals surface area (Å²) >= 11 is 0. The number of hydrogen-bond donors (Lipinski definition) is 9. The molecular weight excluding hydrogens is 468 g/mol. The van der Waals surface area contributed by atoms with Crippen molar-refractivity contribution in [3.63, 3.8) is 0 Å². The Bertz CT molecular complexity index is 639. The Morgan fingerprint density at radius 2 is 1.03 bits per heavy atom. The summed E-state index contributed by atoms with van der Waals surface area (Å²) in [5, 5.41) is 90.4. The van der Waals surface area contributed by atoms with Crippen molar-refractivity contribution in [1.82, 2.24) is 0 Å². The zero-order valence-electron chi connectivity index (χ0n) is 18.5. The lowest BCUT2D eigenvalue weighted by Crippen LogP contribution is -2.66. The molecule has 34 heavy (non-hydrogen) atoms. The first-order chi connectivity index (χ1) is 16.0. The quantitative estimate of drug-likeness (QED) is 0.157. The van der Waals surface area contributed by atoms with E-state index in [4.69, 9.17) is 28.4 Å². The summed E-state index contributed by atoms with van der Waals surface area (Å²) < 4.78 is 32.9. The highest BCUT2D eigenvalue weighted by Crippen LogP contribution is 2.33. The van der Waals surface area contributed by atoms with Gasteiger partial charge in [0, 0.05) is 7.11 Å². The molecule has 9 N–H and O–H groups in total. The highest BCUT2D eigenvalue weighted by Gasteiger charge is 2.54. The van der Waals surface area contributed by atoms with Crippen molar-refractivity contribution in [2.75, 3.05) is 20.3 Å². The van der Waals surface area contributed by atoms with Crippen LogP contribution >= 0.6 is 0 Å². The first-order valence-corrected chi connectivity index (χ1v) is 10.8. The molecule has 3 fully saturated rings. The molecule has 3 heterocycles. The Labute approximate surface area is 194 Å². The minimum absolute atomic E-state index is 0.667. The minimum atomic E-state index is -1.79. The van der Waals surface area contributed by atoms with E-state index >= 15 is 0 Å². The van der Waals surface area contributed by atoms with Gasteiger partial charge in [0.05, 0.1) is 19.3 Å². The van der Waals surface area contributed by atoms with Crippen LogP contribution in [-0.4, -0.2) is 158 Å². The van der Waals surface area contributed by atoms with Gasteiger partial charge in [-0.2, -0.15) is 0 Å². The molecule has 3 rings (SSSR count). The topological polar surface area (TPSA) is 237 Å². The van der Waals surface area contributed by atoms with E-state index in [0.717, 1.165) is 0 Å². The van der Waals surface area contributed by atoms with Crippen LogP contribution < -0.4 is 0 Å². The molecule has 0 radical (unpaired) electrons. The number of rotatable bonds is 7. The molecule has 3 saturated heterocycles. The number of hydrogen-bond acceptors (Lipinski definition) is 15. The second-order valence-electron chi connectivity index (χ2n) is 8.53. The van der Waals surface area contributed by atoms with Crippen LogP contribution in [0.3, 0.4) is 0 Å². The molecule has 0 saturated carbocycles. The van der Waals surface area contributed by atoms with E-state index in [1.807, 2.05) is 0 Å². The molecule has 0 aliphatic carbocycles. The van der Waals surface area contributed by atoms with Crippen LogP contribution in [0.4, 0.5) is 0 Å². The summed E-state index contributed by atoms with van der Waals surface area (Å²) in [6.45, 7) is 0.0431. The van der Waals surface area contributed by atoms with Crippen molar-refractivity contribution in [2.24, 2.45) is 0 Å². The van der Waals surface area contributed by atoms with Gasteiger partial charge in [-0.05, 0) is 6.92 Å². The maximum absolute atomic E-state index is 10.8. The molecule has 3 aliphatic rings. The van der Waals surface area contributed by atoms with Gasteiger partial charge in [0.25, 0.3) is 0 Å². The fourth-order valence-corrected chi connectivity index (χ4v) is 4.15. The van der Waals surface area contributed by atoms with E-state index in [0.29, 0.717) is 0 Å². The third kappa shape index (κ3) is 5.39. The maximum atomic E-state index is 10.8. The standard InChI is InChI=1S/C19H34O15/c1-5-8(22)11(25)13(27)17(30-5)33-15-10(24)7(4-21)32-19(29-2)16(15)34-18-14(28)12(26)9(23)6(3-20)31-18/h5-28H,3-4H2,1-2H3/t5-,6-,7-,8+,9-,10-,11+,12-,13+,14-,15+,16+,17-,18+,19+/m1/s1. The fourth-order valence-electron chi connectivity index (χ4n) is 4.15. The Balaban J connectivity index is 1.86. The predicted molar refractivity (Wildman–Crippen MR) is 105 cm³/mol. The normalized spacial score (nSPS) is 52.5. The molecule has 0 unspecified atom stereocenters. The second kappa shape index (κ2) is 11.6. The predicted octanol–water partition coefficient (Wildman–Crippen LogP) is -5.89. The average Bonchev–Trinajstić information content (AvgIpc) is 2.83. The van der Waals surface area contributed by atoms with Crippen molar-refractivity contribution in [3.8, 4) is 0 Å². The first kappa shape index (κ1) is 28.0. The molecule has 15 atom stereocenters.